The molecule has 1 aliphatic carbocycles. The molecule has 1 fully saturated rings. The van der Waals surface area contributed by atoms with Crippen molar-refractivity contribution < 1.29 is 14.3 Å². The predicted molar refractivity (Wildman–Crippen MR) is 122 cm³/mol. The van der Waals surface area contributed by atoms with Crippen LogP contribution in [0.25, 0.3) is 6.08 Å². The number of aliphatic imine (C=N–C) groups is 1. The highest BCUT2D eigenvalue weighted by molar-refractivity contribution is 8.05. The lowest BCUT2D eigenvalue weighted by Crippen LogP contribution is -2.43. The quantitative estimate of drug-likeness (QED) is 0.688. The standard InChI is InChI=1S/C24H26N2O3S/c1-15-10-16(2)14-26(13-15)24(28)18-6-9-21-20(12-18)25-23(27)22(30-21)11-17-4-7-19(29-3)8-5-17/h4-9,11-12,15-16,21H,10,13-14H2,1-3H3/b22-11+. The second-order valence-electron chi connectivity index (χ2n) is 8.28. The van der Waals surface area contributed by atoms with Crippen molar-refractivity contribution in [1.29, 1.82) is 0 Å². The Balaban J connectivity index is 1.52. The maximum atomic E-state index is 13.0. The molecule has 0 saturated carbocycles. The summed E-state index contributed by atoms with van der Waals surface area (Å²) in [7, 11) is 1.62. The van der Waals surface area contributed by atoms with Crippen molar-refractivity contribution in [3.05, 3.63) is 58.5 Å². The number of allylic oxidation sites excluding steroid dienone is 1. The summed E-state index contributed by atoms with van der Waals surface area (Å²) in [6, 6.07) is 7.55. The minimum absolute atomic E-state index is 0.0304. The normalized spacial score (nSPS) is 27.4. The van der Waals surface area contributed by atoms with Crippen molar-refractivity contribution >= 4 is 35.4 Å². The largest absolute Gasteiger partial charge is 0.497 e. The van der Waals surface area contributed by atoms with E-state index in [0.717, 1.165) is 30.8 Å². The molecule has 2 heterocycles. The molecule has 1 aromatic rings. The summed E-state index contributed by atoms with van der Waals surface area (Å²) in [5.74, 6) is 1.56. The highest BCUT2D eigenvalue weighted by Gasteiger charge is 2.31. The molecule has 2 aliphatic heterocycles. The summed E-state index contributed by atoms with van der Waals surface area (Å²) in [5, 5.41) is -0.0528. The van der Waals surface area contributed by atoms with Gasteiger partial charge in [0.15, 0.2) is 0 Å². The second kappa shape index (κ2) is 8.64. The van der Waals surface area contributed by atoms with Crippen molar-refractivity contribution in [3.63, 3.8) is 0 Å². The molecule has 30 heavy (non-hydrogen) atoms. The van der Waals surface area contributed by atoms with Crippen LogP contribution in [0.15, 0.2) is 58.0 Å². The number of likely N-dealkylation sites (tertiary alicyclic amines) is 1. The fourth-order valence-electron chi connectivity index (χ4n) is 4.23. The number of hydrogen-bond donors (Lipinski definition) is 0. The molecule has 5 nitrogen and oxygen atoms in total. The van der Waals surface area contributed by atoms with Gasteiger partial charge in [-0.15, -0.1) is 11.8 Å². The van der Waals surface area contributed by atoms with Crippen molar-refractivity contribution in [3.8, 4) is 5.75 Å². The molecular formula is C24H26N2O3S. The van der Waals surface area contributed by atoms with Crippen LogP contribution >= 0.6 is 11.8 Å². The van der Waals surface area contributed by atoms with Crippen LogP contribution in [-0.4, -0.2) is 47.9 Å². The number of hydrogen-bond acceptors (Lipinski definition) is 4. The van der Waals surface area contributed by atoms with Gasteiger partial charge in [0.1, 0.15) is 5.75 Å². The second-order valence-corrected chi connectivity index (χ2v) is 9.46. The Hall–Kier alpha value is -2.60. The minimum atomic E-state index is -0.263. The van der Waals surface area contributed by atoms with Crippen molar-refractivity contribution in [2.75, 3.05) is 20.2 Å². The Morgan fingerprint density at radius 1 is 1.20 bits per heavy atom. The van der Waals surface area contributed by atoms with Crippen LogP contribution in [0.5, 0.6) is 5.75 Å². The van der Waals surface area contributed by atoms with E-state index in [-0.39, 0.29) is 17.1 Å². The van der Waals surface area contributed by atoms with Gasteiger partial charge in [-0.3, -0.25) is 9.59 Å². The predicted octanol–water partition coefficient (Wildman–Crippen LogP) is 4.12. The summed E-state index contributed by atoms with van der Waals surface area (Å²) < 4.78 is 5.17. The van der Waals surface area contributed by atoms with Gasteiger partial charge in [0.25, 0.3) is 11.8 Å². The van der Waals surface area contributed by atoms with Crippen molar-refractivity contribution in [2.24, 2.45) is 16.8 Å². The molecule has 0 N–H and O–H groups in total. The molecule has 156 valence electrons. The molecule has 1 saturated heterocycles. The molecular weight excluding hydrogens is 396 g/mol. The Kier molecular flexibility index (Phi) is 5.95. The molecule has 6 heteroatoms. The minimum Gasteiger partial charge on any atom is -0.497 e. The van der Waals surface area contributed by atoms with Crippen LogP contribution in [0.2, 0.25) is 0 Å². The third-order valence-electron chi connectivity index (χ3n) is 5.56. The Morgan fingerprint density at radius 2 is 1.90 bits per heavy atom. The van der Waals surface area contributed by atoms with Crippen LogP contribution in [0, 0.1) is 11.8 Å². The number of carbonyl (C=O) groups is 2. The summed E-state index contributed by atoms with van der Waals surface area (Å²) in [6.07, 6.45) is 8.64. The zero-order valence-electron chi connectivity index (χ0n) is 17.5. The van der Waals surface area contributed by atoms with Crippen molar-refractivity contribution in [1.82, 2.24) is 4.90 Å². The number of fused-ring (bicyclic) bond motifs is 1. The first-order chi connectivity index (χ1) is 14.4. The molecule has 3 aliphatic rings. The van der Waals surface area contributed by atoms with E-state index in [1.807, 2.05) is 47.4 Å². The van der Waals surface area contributed by atoms with E-state index in [1.165, 1.54) is 11.8 Å². The van der Waals surface area contributed by atoms with E-state index >= 15 is 0 Å². The summed E-state index contributed by atoms with van der Waals surface area (Å²) in [6.45, 7) is 5.95. The van der Waals surface area contributed by atoms with Gasteiger partial charge in [-0.25, -0.2) is 4.99 Å². The number of benzene rings is 1. The number of carbonyl (C=O) groups excluding carboxylic acids is 2. The number of nitrogens with zero attached hydrogens (tertiary/aromatic N) is 2. The first kappa shape index (κ1) is 20.7. The van der Waals surface area contributed by atoms with Crippen LogP contribution in [0.1, 0.15) is 25.8 Å². The van der Waals surface area contributed by atoms with Gasteiger partial charge in [0.05, 0.1) is 23.0 Å². The lowest BCUT2D eigenvalue weighted by Gasteiger charge is -2.35. The molecule has 2 amide bonds. The smallest absolute Gasteiger partial charge is 0.283 e. The monoisotopic (exact) mass is 422 g/mol. The average molecular weight is 423 g/mol. The van der Waals surface area contributed by atoms with E-state index in [0.29, 0.717) is 28.0 Å². The first-order valence-corrected chi connectivity index (χ1v) is 11.2. The highest BCUT2D eigenvalue weighted by atomic mass is 32.2. The Bertz CT molecular complexity index is 965. The third kappa shape index (κ3) is 4.43. The molecule has 0 radical (unpaired) electrons. The van der Waals surface area contributed by atoms with Gasteiger partial charge in [-0.1, -0.05) is 38.1 Å². The molecule has 3 unspecified atom stereocenters. The molecule has 3 atom stereocenters. The number of rotatable bonds is 3. The number of thioether (sulfide) groups is 1. The Labute approximate surface area is 181 Å². The maximum Gasteiger partial charge on any atom is 0.283 e. The van der Waals surface area contributed by atoms with E-state index in [9.17, 15) is 9.59 Å². The van der Waals surface area contributed by atoms with Crippen LogP contribution in [-0.2, 0) is 9.59 Å². The fraction of sp³-hybridized carbons (Fsp3) is 0.375. The maximum absolute atomic E-state index is 13.0. The van der Waals surface area contributed by atoms with Crippen LogP contribution in [0.3, 0.4) is 0 Å². The lowest BCUT2D eigenvalue weighted by molar-refractivity contribution is -0.129. The molecule has 0 aromatic heterocycles. The van der Waals surface area contributed by atoms with E-state index in [4.69, 9.17) is 4.74 Å². The summed E-state index contributed by atoms with van der Waals surface area (Å²) in [4.78, 5) is 32.4. The molecule has 0 bridgehead atoms. The zero-order chi connectivity index (χ0) is 21.3. The molecule has 1 aromatic carbocycles. The topological polar surface area (TPSA) is 59.0 Å². The first-order valence-electron chi connectivity index (χ1n) is 10.3. The van der Waals surface area contributed by atoms with Gasteiger partial charge in [-0.05, 0) is 48.1 Å². The SMILES string of the molecule is COc1ccc(/C=C2/SC3C=CC(C(=O)N4CC(C)CC(C)C4)=CC3=NC2=O)cc1. The number of ether oxygens (including phenoxy) is 1. The summed E-state index contributed by atoms with van der Waals surface area (Å²) >= 11 is 1.47. The third-order valence-corrected chi connectivity index (χ3v) is 6.76. The Morgan fingerprint density at radius 3 is 2.57 bits per heavy atom. The van der Waals surface area contributed by atoms with Gasteiger partial charge in [0.2, 0.25) is 0 Å². The van der Waals surface area contributed by atoms with Gasteiger partial charge < -0.3 is 9.64 Å². The van der Waals surface area contributed by atoms with Crippen LogP contribution in [0.4, 0.5) is 0 Å². The van der Waals surface area contributed by atoms with E-state index in [2.05, 4.69) is 18.8 Å². The fourth-order valence-corrected chi connectivity index (χ4v) is 5.25. The summed E-state index contributed by atoms with van der Waals surface area (Å²) in [5.41, 5.74) is 2.19. The van der Waals surface area contributed by atoms with Gasteiger partial charge in [-0.2, -0.15) is 0 Å². The van der Waals surface area contributed by atoms with Gasteiger partial charge in [0, 0.05) is 18.7 Å². The zero-order valence-corrected chi connectivity index (χ0v) is 18.3. The molecule has 4 rings (SSSR count). The average Bonchev–Trinajstić information content (AvgIpc) is 2.73. The van der Waals surface area contributed by atoms with Gasteiger partial charge >= 0.3 is 0 Å². The molecule has 0 spiro atoms. The number of amides is 2. The highest BCUT2D eigenvalue weighted by Crippen LogP contribution is 2.34. The number of piperidine rings is 1. The van der Waals surface area contributed by atoms with Crippen LogP contribution < -0.4 is 4.74 Å². The van der Waals surface area contributed by atoms with E-state index < -0.39 is 0 Å². The van der Waals surface area contributed by atoms with E-state index in [1.54, 1.807) is 13.2 Å². The number of methoxy groups -OCH3 is 1. The van der Waals surface area contributed by atoms with Crippen molar-refractivity contribution in [2.45, 2.75) is 25.5 Å². The lowest BCUT2D eigenvalue weighted by atomic mass is 9.91.